The molecule has 9 heteroatoms. The van der Waals surface area contributed by atoms with Gasteiger partial charge in [-0.25, -0.2) is 15.0 Å². The SMILES string of the molecule is Cc1nc(N)ncc1C(=O)N1CCCC2(CCc3c2nc(-c2cccnc2)[nH]c3=O)C1. The first-order chi connectivity index (χ1) is 15.0. The van der Waals surface area contributed by atoms with Gasteiger partial charge in [-0.15, -0.1) is 0 Å². The third kappa shape index (κ3) is 3.26. The molecule has 4 heterocycles. The molecule has 9 nitrogen and oxygen atoms in total. The van der Waals surface area contributed by atoms with Crippen molar-refractivity contribution in [3.8, 4) is 11.4 Å². The highest BCUT2D eigenvalue weighted by Gasteiger charge is 2.46. The number of hydrogen-bond donors (Lipinski definition) is 2. The van der Waals surface area contributed by atoms with E-state index in [2.05, 4.69) is 19.9 Å². The van der Waals surface area contributed by atoms with Gasteiger partial charge in [0.2, 0.25) is 5.95 Å². The van der Waals surface area contributed by atoms with Crippen LogP contribution in [0, 0.1) is 6.92 Å². The van der Waals surface area contributed by atoms with Crippen LogP contribution < -0.4 is 11.3 Å². The molecule has 31 heavy (non-hydrogen) atoms. The van der Waals surface area contributed by atoms with Crippen molar-refractivity contribution < 1.29 is 4.79 Å². The first kappa shape index (κ1) is 19.3. The number of rotatable bonds is 2. The maximum atomic E-state index is 13.2. The number of pyridine rings is 1. The normalized spacial score (nSPS) is 20.1. The summed E-state index contributed by atoms with van der Waals surface area (Å²) in [7, 11) is 0. The molecular formula is C22H23N7O2. The maximum Gasteiger partial charge on any atom is 0.257 e. The van der Waals surface area contributed by atoms with Crippen LogP contribution in [0.25, 0.3) is 11.4 Å². The second-order valence-electron chi connectivity index (χ2n) is 8.32. The highest BCUT2D eigenvalue weighted by molar-refractivity contribution is 5.95. The number of anilines is 1. The van der Waals surface area contributed by atoms with Crippen LogP contribution in [0.4, 0.5) is 5.95 Å². The number of likely N-dealkylation sites (tertiary alicyclic amines) is 1. The summed E-state index contributed by atoms with van der Waals surface area (Å²) in [5.74, 6) is 0.562. The van der Waals surface area contributed by atoms with E-state index in [-0.39, 0.29) is 22.8 Å². The lowest BCUT2D eigenvalue weighted by molar-refractivity contribution is 0.0632. The van der Waals surface area contributed by atoms with Gasteiger partial charge in [0.1, 0.15) is 5.82 Å². The molecule has 1 fully saturated rings. The lowest BCUT2D eigenvalue weighted by Gasteiger charge is -2.40. The molecule has 2 aliphatic rings. The topological polar surface area (TPSA) is 131 Å². The second-order valence-corrected chi connectivity index (χ2v) is 8.32. The fourth-order valence-corrected chi connectivity index (χ4v) is 4.86. The number of nitrogens with two attached hydrogens (primary N) is 1. The molecular weight excluding hydrogens is 394 g/mol. The highest BCUT2D eigenvalue weighted by atomic mass is 16.2. The van der Waals surface area contributed by atoms with Crippen molar-refractivity contribution in [3.05, 3.63) is 63.6 Å². The molecule has 3 aromatic rings. The summed E-state index contributed by atoms with van der Waals surface area (Å²) < 4.78 is 0. The van der Waals surface area contributed by atoms with E-state index in [0.29, 0.717) is 36.6 Å². The van der Waals surface area contributed by atoms with E-state index in [0.717, 1.165) is 36.1 Å². The molecule has 1 spiro atoms. The third-order valence-corrected chi connectivity index (χ3v) is 6.40. The Bertz CT molecular complexity index is 1220. The van der Waals surface area contributed by atoms with Crippen LogP contribution in [-0.2, 0) is 11.8 Å². The summed E-state index contributed by atoms with van der Waals surface area (Å²) in [5, 5.41) is 0. The number of nitrogens with zero attached hydrogens (tertiary/aromatic N) is 5. The molecule has 1 amide bonds. The molecule has 0 radical (unpaired) electrons. The fraction of sp³-hybridized carbons (Fsp3) is 0.364. The van der Waals surface area contributed by atoms with Gasteiger partial charge < -0.3 is 15.6 Å². The van der Waals surface area contributed by atoms with Crippen LogP contribution in [0.1, 0.15) is 46.6 Å². The number of aryl methyl sites for hydroxylation is 1. The van der Waals surface area contributed by atoms with E-state index in [1.807, 2.05) is 17.0 Å². The number of H-pyrrole nitrogens is 1. The third-order valence-electron chi connectivity index (χ3n) is 6.40. The lowest BCUT2D eigenvalue weighted by Crippen LogP contribution is -2.48. The van der Waals surface area contributed by atoms with Gasteiger partial charge >= 0.3 is 0 Å². The van der Waals surface area contributed by atoms with E-state index in [1.54, 1.807) is 19.3 Å². The number of aromatic amines is 1. The maximum absolute atomic E-state index is 13.2. The zero-order valence-electron chi connectivity index (χ0n) is 17.3. The number of nitrogen functional groups attached to an aromatic ring is 1. The number of carbonyl (C=O) groups is 1. The first-order valence-electron chi connectivity index (χ1n) is 10.4. The van der Waals surface area contributed by atoms with Gasteiger partial charge in [-0.05, 0) is 44.7 Å². The summed E-state index contributed by atoms with van der Waals surface area (Å²) in [6.45, 7) is 2.93. The van der Waals surface area contributed by atoms with Gasteiger partial charge in [0, 0.05) is 48.2 Å². The quantitative estimate of drug-likeness (QED) is 0.648. The van der Waals surface area contributed by atoms with Gasteiger partial charge in [-0.3, -0.25) is 14.6 Å². The summed E-state index contributed by atoms with van der Waals surface area (Å²) in [5.41, 5.74) is 8.55. The number of aromatic nitrogens is 5. The van der Waals surface area contributed by atoms with E-state index in [4.69, 9.17) is 10.7 Å². The first-order valence-corrected chi connectivity index (χ1v) is 10.4. The van der Waals surface area contributed by atoms with Crippen LogP contribution in [0.15, 0.2) is 35.5 Å². The largest absolute Gasteiger partial charge is 0.368 e. The van der Waals surface area contributed by atoms with Gasteiger partial charge in [0.05, 0.1) is 17.0 Å². The molecule has 158 valence electrons. The van der Waals surface area contributed by atoms with E-state index in [9.17, 15) is 9.59 Å². The fourth-order valence-electron chi connectivity index (χ4n) is 4.86. The van der Waals surface area contributed by atoms with Crippen LogP contribution in [-0.4, -0.2) is 48.8 Å². The van der Waals surface area contributed by atoms with E-state index >= 15 is 0 Å². The molecule has 3 N–H and O–H groups in total. The Kier molecular flexibility index (Phi) is 4.53. The van der Waals surface area contributed by atoms with Crippen molar-refractivity contribution in [1.82, 2.24) is 29.8 Å². The molecule has 1 saturated heterocycles. The number of fused-ring (bicyclic) bond motifs is 2. The van der Waals surface area contributed by atoms with E-state index in [1.165, 1.54) is 6.20 Å². The number of amides is 1. The van der Waals surface area contributed by atoms with Crippen LogP contribution in [0.2, 0.25) is 0 Å². The number of nitrogens with one attached hydrogen (secondary N) is 1. The van der Waals surface area contributed by atoms with Gasteiger partial charge in [-0.2, -0.15) is 0 Å². The van der Waals surface area contributed by atoms with Crippen molar-refractivity contribution in [2.75, 3.05) is 18.8 Å². The summed E-state index contributed by atoms with van der Waals surface area (Å²) in [4.78, 5) is 47.9. The Morgan fingerprint density at radius 3 is 2.90 bits per heavy atom. The Hall–Kier alpha value is -3.62. The lowest BCUT2D eigenvalue weighted by atomic mass is 9.77. The minimum atomic E-state index is -0.322. The molecule has 1 atom stereocenters. The smallest absolute Gasteiger partial charge is 0.257 e. The average molecular weight is 417 g/mol. The number of hydrogen-bond acceptors (Lipinski definition) is 7. The Labute approximate surface area is 178 Å². The summed E-state index contributed by atoms with van der Waals surface area (Å²) in [6, 6.07) is 3.69. The Morgan fingerprint density at radius 1 is 1.26 bits per heavy atom. The van der Waals surface area contributed by atoms with Crippen molar-refractivity contribution in [2.45, 2.75) is 38.0 Å². The Morgan fingerprint density at radius 2 is 2.13 bits per heavy atom. The minimum Gasteiger partial charge on any atom is -0.368 e. The Balaban J connectivity index is 1.51. The molecule has 1 unspecified atom stereocenters. The molecule has 0 bridgehead atoms. The van der Waals surface area contributed by atoms with Gasteiger partial charge in [0.15, 0.2) is 0 Å². The zero-order chi connectivity index (χ0) is 21.6. The van der Waals surface area contributed by atoms with Crippen molar-refractivity contribution in [1.29, 1.82) is 0 Å². The average Bonchev–Trinajstić information content (AvgIpc) is 3.12. The molecule has 0 aromatic carbocycles. The van der Waals surface area contributed by atoms with Gasteiger partial charge in [0.25, 0.3) is 11.5 Å². The monoisotopic (exact) mass is 417 g/mol. The van der Waals surface area contributed by atoms with Crippen molar-refractivity contribution in [3.63, 3.8) is 0 Å². The second kappa shape index (κ2) is 7.26. The number of carbonyl (C=O) groups excluding carboxylic acids is 1. The number of piperidine rings is 1. The summed E-state index contributed by atoms with van der Waals surface area (Å²) >= 11 is 0. The highest BCUT2D eigenvalue weighted by Crippen LogP contribution is 2.43. The van der Waals surface area contributed by atoms with Gasteiger partial charge in [-0.1, -0.05) is 0 Å². The van der Waals surface area contributed by atoms with Crippen molar-refractivity contribution in [2.24, 2.45) is 0 Å². The minimum absolute atomic E-state index is 0.105. The molecule has 1 aliphatic carbocycles. The molecule has 5 rings (SSSR count). The van der Waals surface area contributed by atoms with Crippen LogP contribution in [0.5, 0.6) is 0 Å². The standard InChI is InChI=1S/C22H23N7O2/c1-13-16(11-25-21(23)26-13)20(31)29-9-3-6-22(12-29)7-5-15-17(22)27-18(28-19(15)30)14-4-2-8-24-10-14/h2,4,8,10-11H,3,5-7,9,12H2,1H3,(H2,23,25,26)(H,27,28,30). The predicted molar refractivity (Wildman–Crippen MR) is 114 cm³/mol. The van der Waals surface area contributed by atoms with Crippen LogP contribution in [0.3, 0.4) is 0 Å². The zero-order valence-corrected chi connectivity index (χ0v) is 17.3. The molecule has 3 aromatic heterocycles. The van der Waals surface area contributed by atoms with Crippen molar-refractivity contribution >= 4 is 11.9 Å². The van der Waals surface area contributed by atoms with E-state index < -0.39 is 0 Å². The molecule has 0 saturated carbocycles. The predicted octanol–water partition coefficient (Wildman–Crippen LogP) is 1.63. The molecule has 1 aliphatic heterocycles. The summed E-state index contributed by atoms with van der Waals surface area (Å²) in [6.07, 6.45) is 8.07. The van der Waals surface area contributed by atoms with Crippen LogP contribution >= 0.6 is 0 Å².